The first-order valence-corrected chi connectivity index (χ1v) is 23.9. The van der Waals surface area contributed by atoms with Gasteiger partial charge in [0.2, 0.25) is 0 Å². The van der Waals surface area contributed by atoms with Crippen molar-refractivity contribution in [3.05, 3.63) is 59.7 Å². The van der Waals surface area contributed by atoms with Crippen LogP contribution in [-0.2, 0) is 71.1 Å². The summed E-state index contributed by atoms with van der Waals surface area (Å²) < 4.78 is 82.3. The van der Waals surface area contributed by atoms with E-state index in [1.807, 2.05) is 45.0 Å². The minimum absolute atomic E-state index is 0.0432. The van der Waals surface area contributed by atoms with Gasteiger partial charge in [0.25, 0.3) is 0 Å². The van der Waals surface area contributed by atoms with E-state index in [4.69, 9.17) is 71.1 Å². The third-order valence-corrected chi connectivity index (χ3v) is 9.46. The number of alkyl carbamates (subject to hydrolysis) is 2. The quantitative estimate of drug-likeness (QED) is 0.0870. The fourth-order valence-corrected chi connectivity index (χ4v) is 6.29. The predicted octanol–water partition coefficient (Wildman–Crippen LogP) is 4.66. The molecule has 0 bridgehead atoms. The summed E-state index contributed by atoms with van der Waals surface area (Å²) in [6, 6.07) is 16.6. The van der Waals surface area contributed by atoms with Crippen molar-refractivity contribution in [2.24, 2.45) is 0 Å². The highest BCUT2D eigenvalue weighted by molar-refractivity contribution is 5.79. The Balaban J connectivity index is 0.900. The van der Waals surface area contributed by atoms with E-state index in [1.165, 1.54) is 22.3 Å². The van der Waals surface area contributed by atoms with Crippen LogP contribution in [-0.4, -0.2) is 209 Å². The van der Waals surface area contributed by atoms with E-state index >= 15 is 0 Å². The van der Waals surface area contributed by atoms with Crippen LogP contribution >= 0.6 is 0 Å². The van der Waals surface area contributed by atoms with Crippen molar-refractivity contribution in [3.8, 4) is 11.1 Å². The number of fused-ring (bicyclic) bond motifs is 3. The maximum atomic E-state index is 12.3. The number of rotatable bonds is 45. The molecule has 0 unspecified atom stereocenters. The lowest BCUT2D eigenvalue weighted by Gasteiger charge is -2.19. The number of carbonyl (C=O) groups is 2. The van der Waals surface area contributed by atoms with Gasteiger partial charge < -0.3 is 81.7 Å². The topological polar surface area (TPSA) is 197 Å². The lowest BCUT2D eigenvalue weighted by molar-refractivity contribution is -0.0290. The molecule has 2 N–H and O–H groups in total. The lowest BCUT2D eigenvalue weighted by atomic mass is 9.98. The summed E-state index contributed by atoms with van der Waals surface area (Å²) in [5.41, 5.74) is 4.27. The second kappa shape index (κ2) is 40.2. The fraction of sp³-hybridized carbons (Fsp3) is 0.714. The Bertz CT molecular complexity index is 1490. The minimum atomic E-state index is -0.519. The second-order valence-electron chi connectivity index (χ2n) is 16.0. The Hall–Kier alpha value is -3.54. The van der Waals surface area contributed by atoms with Crippen molar-refractivity contribution < 1.29 is 80.6 Å². The second-order valence-corrected chi connectivity index (χ2v) is 16.0. The van der Waals surface area contributed by atoms with Gasteiger partial charge in [-0.25, -0.2) is 9.59 Å². The summed E-state index contributed by atoms with van der Waals surface area (Å²) in [4.78, 5) is 23.8. The van der Waals surface area contributed by atoms with Crippen molar-refractivity contribution in [1.82, 2.24) is 10.6 Å². The number of hydrogen-bond acceptors (Lipinski definition) is 17. The van der Waals surface area contributed by atoms with Crippen LogP contribution in [0.4, 0.5) is 9.59 Å². The van der Waals surface area contributed by atoms with E-state index < -0.39 is 17.8 Å². The zero-order valence-electron chi connectivity index (χ0n) is 40.8. The normalized spacial score (nSPS) is 12.3. The largest absolute Gasteiger partial charge is 0.449 e. The molecule has 2 aromatic carbocycles. The number of amides is 2. The molecule has 0 radical (unpaired) electrons. The van der Waals surface area contributed by atoms with E-state index in [0.29, 0.717) is 198 Å². The van der Waals surface area contributed by atoms with Gasteiger partial charge in [-0.2, -0.15) is 0 Å². The summed E-state index contributed by atoms with van der Waals surface area (Å²) in [7, 11) is 0. The first-order chi connectivity index (χ1) is 33.3. The third kappa shape index (κ3) is 30.8. The molecule has 2 amide bonds. The molecule has 0 aliphatic heterocycles. The van der Waals surface area contributed by atoms with Crippen molar-refractivity contribution in [3.63, 3.8) is 0 Å². The van der Waals surface area contributed by atoms with Gasteiger partial charge in [0.15, 0.2) is 0 Å². The first kappa shape index (κ1) is 58.8. The molecular weight excluding hydrogens is 889 g/mol. The van der Waals surface area contributed by atoms with Gasteiger partial charge in [0.1, 0.15) is 12.2 Å². The summed E-state index contributed by atoms with van der Waals surface area (Å²) in [5, 5.41) is 5.44. The van der Waals surface area contributed by atoms with E-state index in [9.17, 15) is 9.59 Å². The SMILES string of the molecule is CC(C)(C)OC(=O)NCCOCCOCCOCCOCCOCCOCCOCCOCCOCCOCCOCCOCCOCCCNC(=O)OCC1c2ccccc2-c2ccccc21. The zero-order valence-corrected chi connectivity index (χ0v) is 40.8. The van der Waals surface area contributed by atoms with Gasteiger partial charge in [-0.3, -0.25) is 0 Å². The summed E-state index contributed by atoms with van der Waals surface area (Å²) in [5.74, 6) is 0.0432. The fourth-order valence-electron chi connectivity index (χ4n) is 6.29. The average molecular weight is 969 g/mol. The van der Waals surface area contributed by atoms with Crippen molar-refractivity contribution >= 4 is 12.2 Å². The van der Waals surface area contributed by atoms with Crippen molar-refractivity contribution in [2.75, 3.05) is 191 Å². The molecule has 388 valence electrons. The average Bonchev–Trinajstić information content (AvgIpc) is 3.65. The van der Waals surface area contributed by atoms with Gasteiger partial charge in [-0.05, 0) is 49.4 Å². The number of ether oxygens (including phenoxy) is 15. The lowest BCUT2D eigenvalue weighted by Crippen LogP contribution is -2.34. The predicted molar refractivity (Wildman–Crippen MR) is 253 cm³/mol. The van der Waals surface area contributed by atoms with Gasteiger partial charge in [0.05, 0.1) is 165 Å². The van der Waals surface area contributed by atoms with Crippen LogP contribution in [0, 0.1) is 0 Å². The molecule has 0 fully saturated rings. The Morgan fingerprint density at radius 1 is 0.397 bits per heavy atom. The monoisotopic (exact) mass is 969 g/mol. The van der Waals surface area contributed by atoms with Crippen molar-refractivity contribution in [1.29, 1.82) is 0 Å². The van der Waals surface area contributed by atoms with E-state index in [2.05, 4.69) is 34.9 Å². The number of carbonyl (C=O) groups excluding carboxylic acids is 2. The maximum Gasteiger partial charge on any atom is 0.407 e. The van der Waals surface area contributed by atoms with E-state index in [1.54, 1.807) is 0 Å². The Morgan fingerprint density at radius 2 is 0.691 bits per heavy atom. The summed E-state index contributed by atoms with van der Waals surface area (Å²) >= 11 is 0. The molecule has 68 heavy (non-hydrogen) atoms. The van der Waals surface area contributed by atoms with Crippen LogP contribution in [0.5, 0.6) is 0 Å². The molecule has 0 atom stereocenters. The molecule has 3 rings (SSSR count). The highest BCUT2D eigenvalue weighted by atomic mass is 16.6. The highest BCUT2D eigenvalue weighted by Crippen LogP contribution is 2.44. The van der Waals surface area contributed by atoms with E-state index in [0.717, 1.165) is 0 Å². The zero-order chi connectivity index (χ0) is 48.4. The number of nitrogens with one attached hydrogen (secondary N) is 2. The molecule has 1 aliphatic carbocycles. The van der Waals surface area contributed by atoms with Crippen LogP contribution in [0.2, 0.25) is 0 Å². The number of benzene rings is 2. The van der Waals surface area contributed by atoms with Crippen LogP contribution in [0.1, 0.15) is 44.2 Å². The summed E-state index contributed by atoms with van der Waals surface area (Å²) in [6.07, 6.45) is -0.199. The van der Waals surface area contributed by atoms with Gasteiger partial charge >= 0.3 is 12.2 Å². The molecule has 19 nitrogen and oxygen atoms in total. The molecule has 0 spiro atoms. The molecule has 0 heterocycles. The highest BCUT2D eigenvalue weighted by Gasteiger charge is 2.29. The molecule has 0 aromatic heterocycles. The number of hydrogen-bond donors (Lipinski definition) is 2. The van der Waals surface area contributed by atoms with Crippen LogP contribution in [0.3, 0.4) is 0 Å². The van der Waals surface area contributed by atoms with Gasteiger partial charge in [-0.15, -0.1) is 0 Å². The maximum absolute atomic E-state index is 12.3. The Labute approximate surface area is 403 Å². The smallest absolute Gasteiger partial charge is 0.407 e. The van der Waals surface area contributed by atoms with Crippen LogP contribution in [0.15, 0.2) is 48.5 Å². The molecular formula is C49H80N2O17. The standard InChI is InChI=1S/C49H80N2O17/c1-49(2,3)68-48(53)51-14-16-55-18-20-57-22-24-59-26-28-61-30-32-63-34-36-65-38-40-66-39-37-64-35-33-62-31-29-60-27-25-58-23-21-56-19-17-54-15-8-13-50-47(52)67-41-46-44-11-6-4-9-42(44)43-10-5-7-12-45(43)46/h4-7,9-12,46H,8,13-41H2,1-3H3,(H,50,52)(H,51,53). The Morgan fingerprint density at radius 3 is 1.03 bits per heavy atom. The van der Waals surface area contributed by atoms with Gasteiger partial charge in [0, 0.05) is 25.6 Å². The van der Waals surface area contributed by atoms with Crippen molar-refractivity contribution in [2.45, 2.75) is 38.7 Å². The molecule has 1 aliphatic rings. The third-order valence-electron chi connectivity index (χ3n) is 9.46. The molecule has 2 aromatic rings. The van der Waals surface area contributed by atoms with Gasteiger partial charge in [-0.1, -0.05) is 48.5 Å². The molecule has 0 saturated heterocycles. The molecule has 0 saturated carbocycles. The Kier molecular flexibility index (Phi) is 34.8. The molecule has 19 heteroatoms. The first-order valence-electron chi connectivity index (χ1n) is 23.9. The van der Waals surface area contributed by atoms with Crippen LogP contribution < -0.4 is 10.6 Å². The van der Waals surface area contributed by atoms with Crippen LogP contribution in [0.25, 0.3) is 11.1 Å². The van der Waals surface area contributed by atoms with E-state index in [-0.39, 0.29) is 5.92 Å². The minimum Gasteiger partial charge on any atom is -0.449 e. The summed E-state index contributed by atoms with van der Waals surface area (Å²) in [6.45, 7) is 18.9.